The molecule has 0 fully saturated rings. The molecule has 1 atom stereocenters. The van der Waals surface area contributed by atoms with Crippen molar-refractivity contribution in [3.8, 4) is 5.75 Å². The highest BCUT2D eigenvalue weighted by atomic mass is 35.5. The number of nitro benzene ring substituents is 1. The Balaban J connectivity index is 0.00000288. The number of nitrogens with zero attached hydrogens (tertiary/aromatic N) is 1. The predicted molar refractivity (Wildman–Crippen MR) is 79.5 cm³/mol. The molecule has 0 aliphatic heterocycles. The summed E-state index contributed by atoms with van der Waals surface area (Å²) >= 11 is 0. The molecule has 0 aliphatic rings. The molecule has 0 radical (unpaired) electrons. The summed E-state index contributed by atoms with van der Waals surface area (Å²) in [6.07, 6.45) is -4.83. The van der Waals surface area contributed by atoms with Gasteiger partial charge in [-0.15, -0.1) is 25.6 Å². The van der Waals surface area contributed by atoms with Gasteiger partial charge in [-0.2, -0.15) is 0 Å². The number of nitrogens with two attached hydrogens (primary N) is 1. The Morgan fingerprint density at radius 1 is 1.12 bits per heavy atom. The van der Waals surface area contributed by atoms with Crippen LogP contribution in [0.15, 0.2) is 42.5 Å². The fourth-order valence-corrected chi connectivity index (χ4v) is 2.00. The molecule has 0 saturated heterocycles. The van der Waals surface area contributed by atoms with Gasteiger partial charge in [0.15, 0.2) is 0 Å². The van der Waals surface area contributed by atoms with E-state index >= 15 is 0 Å². The topological polar surface area (TPSA) is 78.4 Å². The maximum Gasteiger partial charge on any atom is 0.573 e. The zero-order valence-electron chi connectivity index (χ0n) is 11.8. The smallest absolute Gasteiger partial charge is 0.406 e. The van der Waals surface area contributed by atoms with Crippen molar-refractivity contribution in [3.05, 3.63) is 69.5 Å². The molecule has 130 valence electrons. The summed E-state index contributed by atoms with van der Waals surface area (Å²) in [5.74, 6) is -1.17. The van der Waals surface area contributed by atoms with E-state index < -0.39 is 28.9 Å². The van der Waals surface area contributed by atoms with Crippen molar-refractivity contribution >= 4 is 18.1 Å². The highest BCUT2D eigenvalue weighted by molar-refractivity contribution is 5.85. The Labute approximate surface area is 139 Å². The molecular weight excluding hydrogens is 356 g/mol. The first-order valence-corrected chi connectivity index (χ1v) is 6.22. The summed E-state index contributed by atoms with van der Waals surface area (Å²) in [6.45, 7) is 0. The van der Waals surface area contributed by atoms with E-state index in [1.54, 1.807) is 0 Å². The average Bonchev–Trinajstić information content (AvgIpc) is 2.45. The van der Waals surface area contributed by atoms with Crippen LogP contribution in [0.2, 0.25) is 0 Å². The predicted octanol–water partition coefficient (Wildman–Crippen LogP) is 4.10. The molecule has 0 bridgehead atoms. The number of hydrogen-bond donors (Lipinski definition) is 1. The van der Waals surface area contributed by atoms with E-state index in [1.807, 2.05) is 0 Å². The van der Waals surface area contributed by atoms with Gasteiger partial charge in [0.1, 0.15) is 11.6 Å². The van der Waals surface area contributed by atoms with Crippen LogP contribution in [0.25, 0.3) is 0 Å². The van der Waals surface area contributed by atoms with Gasteiger partial charge in [0.25, 0.3) is 5.69 Å². The molecule has 10 heteroatoms. The number of ether oxygens (including phenoxy) is 1. The molecular formula is C14H11ClF4N2O3. The number of nitro groups is 1. The van der Waals surface area contributed by atoms with Gasteiger partial charge in [-0.25, -0.2) is 4.39 Å². The van der Waals surface area contributed by atoms with Gasteiger partial charge in [0.2, 0.25) is 0 Å². The first kappa shape index (κ1) is 19.7. The van der Waals surface area contributed by atoms with Crippen LogP contribution in [0.5, 0.6) is 5.75 Å². The van der Waals surface area contributed by atoms with E-state index in [4.69, 9.17) is 5.73 Å². The highest BCUT2D eigenvalue weighted by Gasteiger charge is 2.31. The van der Waals surface area contributed by atoms with Crippen LogP contribution >= 0.6 is 12.4 Å². The Morgan fingerprint density at radius 2 is 1.71 bits per heavy atom. The molecule has 2 N–H and O–H groups in total. The largest absolute Gasteiger partial charge is 0.573 e. The summed E-state index contributed by atoms with van der Waals surface area (Å²) in [6, 6.07) is 6.23. The number of rotatable bonds is 4. The van der Waals surface area contributed by atoms with Crippen LogP contribution in [0, 0.1) is 15.9 Å². The maximum absolute atomic E-state index is 13.3. The van der Waals surface area contributed by atoms with Crippen LogP contribution < -0.4 is 10.5 Å². The number of alkyl halides is 3. The highest BCUT2D eigenvalue weighted by Crippen LogP contribution is 2.30. The van der Waals surface area contributed by atoms with E-state index in [0.29, 0.717) is 0 Å². The van der Waals surface area contributed by atoms with Crippen molar-refractivity contribution in [2.45, 2.75) is 12.4 Å². The molecule has 5 nitrogen and oxygen atoms in total. The molecule has 0 aliphatic carbocycles. The van der Waals surface area contributed by atoms with Crippen LogP contribution in [-0.4, -0.2) is 11.3 Å². The quantitative estimate of drug-likeness (QED) is 0.502. The van der Waals surface area contributed by atoms with Crippen LogP contribution in [0.4, 0.5) is 23.2 Å². The van der Waals surface area contributed by atoms with Crippen molar-refractivity contribution in [2.75, 3.05) is 0 Å². The zero-order valence-corrected chi connectivity index (χ0v) is 12.6. The number of hydrogen-bond acceptors (Lipinski definition) is 4. The Hall–Kier alpha value is -2.39. The lowest BCUT2D eigenvalue weighted by atomic mass is 9.98. The second kappa shape index (κ2) is 7.45. The molecule has 0 amide bonds. The van der Waals surface area contributed by atoms with Crippen molar-refractivity contribution in [1.29, 1.82) is 0 Å². The summed E-state index contributed by atoms with van der Waals surface area (Å²) in [7, 11) is 0. The van der Waals surface area contributed by atoms with Crippen molar-refractivity contribution in [2.24, 2.45) is 5.73 Å². The van der Waals surface area contributed by atoms with Crippen LogP contribution in [0.1, 0.15) is 17.2 Å². The molecule has 0 heterocycles. The number of benzene rings is 2. The summed E-state index contributed by atoms with van der Waals surface area (Å²) in [5.41, 5.74) is 5.67. The fourth-order valence-electron chi connectivity index (χ4n) is 2.00. The van der Waals surface area contributed by atoms with Gasteiger partial charge < -0.3 is 10.5 Å². The minimum atomic E-state index is -4.83. The third kappa shape index (κ3) is 4.80. The van der Waals surface area contributed by atoms with E-state index in [0.717, 1.165) is 30.3 Å². The lowest BCUT2D eigenvalue weighted by Gasteiger charge is -2.14. The first-order valence-electron chi connectivity index (χ1n) is 6.22. The molecule has 2 rings (SSSR count). The van der Waals surface area contributed by atoms with Gasteiger partial charge in [-0.3, -0.25) is 10.1 Å². The second-order valence-corrected chi connectivity index (χ2v) is 4.55. The van der Waals surface area contributed by atoms with E-state index in [2.05, 4.69) is 4.74 Å². The molecule has 0 aromatic heterocycles. The van der Waals surface area contributed by atoms with Crippen LogP contribution in [-0.2, 0) is 0 Å². The maximum atomic E-state index is 13.3. The summed E-state index contributed by atoms with van der Waals surface area (Å²) in [5, 5.41) is 11.0. The van der Waals surface area contributed by atoms with E-state index in [-0.39, 0.29) is 29.2 Å². The first-order chi connectivity index (χ1) is 10.7. The molecule has 24 heavy (non-hydrogen) atoms. The Morgan fingerprint density at radius 3 is 2.21 bits per heavy atom. The van der Waals surface area contributed by atoms with Crippen molar-refractivity contribution in [1.82, 2.24) is 0 Å². The van der Waals surface area contributed by atoms with Gasteiger partial charge >= 0.3 is 6.36 Å². The Kier molecular flexibility index (Phi) is 6.10. The zero-order chi connectivity index (χ0) is 17.2. The number of halogens is 5. The SMILES string of the molecule is Cl.N[C@H](c1ccc(OC(F)(F)F)cc1)c1cc(F)ccc1[N+](=O)[O-]. The lowest BCUT2D eigenvalue weighted by molar-refractivity contribution is -0.385. The standard InChI is InChI=1S/C14H10F4N2O3.ClH/c15-9-3-6-12(20(21)22)11(7-9)13(19)8-1-4-10(5-2-8)23-14(16,17)18;/h1-7,13H,19H2;1H/t13-;/m1./s1. The molecule has 2 aromatic carbocycles. The van der Waals surface area contributed by atoms with Gasteiger partial charge in [-0.1, -0.05) is 12.1 Å². The minimum Gasteiger partial charge on any atom is -0.406 e. The molecule has 0 saturated carbocycles. The Bertz CT molecular complexity index is 723. The summed E-state index contributed by atoms with van der Waals surface area (Å²) < 4.78 is 53.3. The third-order valence-electron chi connectivity index (χ3n) is 2.99. The normalized spacial score (nSPS) is 12.2. The third-order valence-corrected chi connectivity index (χ3v) is 2.99. The summed E-state index contributed by atoms with van der Waals surface area (Å²) in [4.78, 5) is 10.2. The van der Waals surface area contributed by atoms with Gasteiger partial charge in [0, 0.05) is 6.07 Å². The monoisotopic (exact) mass is 366 g/mol. The van der Waals surface area contributed by atoms with Crippen molar-refractivity contribution in [3.63, 3.8) is 0 Å². The van der Waals surface area contributed by atoms with E-state index in [9.17, 15) is 27.7 Å². The molecule has 2 aromatic rings. The molecule has 0 unspecified atom stereocenters. The van der Waals surface area contributed by atoms with Gasteiger partial charge in [0.05, 0.1) is 16.5 Å². The average molecular weight is 367 g/mol. The van der Waals surface area contributed by atoms with Crippen LogP contribution in [0.3, 0.4) is 0 Å². The van der Waals surface area contributed by atoms with Gasteiger partial charge in [-0.05, 0) is 29.8 Å². The second-order valence-electron chi connectivity index (χ2n) is 4.55. The minimum absolute atomic E-state index is 0. The van der Waals surface area contributed by atoms with Crippen molar-refractivity contribution < 1.29 is 27.2 Å². The fraction of sp³-hybridized carbons (Fsp3) is 0.143. The molecule has 0 spiro atoms. The van der Waals surface area contributed by atoms with E-state index in [1.165, 1.54) is 12.1 Å². The lowest BCUT2D eigenvalue weighted by Crippen LogP contribution is -2.17.